The summed E-state index contributed by atoms with van der Waals surface area (Å²) in [5.41, 5.74) is 9.41. The number of carbonyl (C=O) groups is 1. The number of carbonyl (C=O) groups excluding carboxylic acids is 1. The van der Waals surface area contributed by atoms with Crippen molar-refractivity contribution in [2.24, 2.45) is 0 Å². The third-order valence-corrected chi connectivity index (χ3v) is 3.61. The molecule has 0 spiro atoms. The summed E-state index contributed by atoms with van der Waals surface area (Å²) in [5, 5.41) is 1.96. The molecule has 1 aliphatic carbocycles. The first kappa shape index (κ1) is 10.3. The van der Waals surface area contributed by atoms with Crippen LogP contribution in [0.2, 0.25) is 0 Å². The van der Waals surface area contributed by atoms with Gasteiger partial charge in [-0.05, 0) is 17.5 Å². The third kappa shape index (κ3) is 1.21. The van der Waals surface area contributed by atoms with Crippen LogP contribution in [0.4, 0.5) is 5.69 Å². The minimum absolute atomic E-state index is 0.0146. The molecule has 0 atom stereocenters. The Morgan fingerprint density at radius 3 is 2.63 bits per heavy atom. The maximum absolute atomic E-state index is 12.6. The zero-order valence-corrected chi connectivity index (χ0v) is 10.1. The highest BCUT2D eigenvalue weighted by molar-refractivity contribution is 6.27. The molecule has 0 fully saturated rings. The minimum atomic E-state index is -0.0146. The van der Waals surface area contributed by atoms with E-state index in [1.807, 2.05) is 36.4 Å². The first-order chi connectivity index (χ1) is 9.27. The van der Waals surface area contributed by atoms with Gasteiger partial charge in [0.2, 0.25) is 0 Å². The molecule has 90 valence electrons. The minimum Gasteiger partial charge on any atom is -0.398 e. The molecule has 3 nitrogen and oxygen atoms in total. The fourth-order valence-corrected chi connectivity index (χ4v) is 2.78. The van der Waals surface area contributed by atoms with Crippen LogP contribution in [0, 0.1) is 0 Å². The molecule has 0 radical (unpaired) electrons. The maximum atomic E-state index is 12.6. The third-order valence-electron chi connectivity index (χ3n) is 3.61. The Labute approximate surface area is 109 Å². The van der Waals surface area contributed by atoms with Crippen LogP contribution in [0.3, 0.4) is 0 Å². The SMILES string of the molecule is Nc1cccc2c1C(=O)c1cccc3ccnc-2c13. The van der Waals surface area contributed by atoms with E-state index in [-0.39, 0.29) is 5.78 Å². The number of fused-ring (bicyclic) bond motifs is 2. The van der Waals surface area contributed by atoms with Crippen molar-refractivity contribution in [3.05, 3.63) is 59.8 Å². The van der Waals surface area contributed by atoms with Crippen LogP contribution in [-0.4, -0.2) is 10.8 Å². The average Bonchev–Trinajstić information content (AvgIpc) is 2.44. The lowest BCUT2D eigenvalue weighted by Crippen LogP contribution is -2.13. The fraction of sp³-hybridized carbons (Fsp3) is 0. The molecular formula is C16H10N2O. The van der Waals surface area contributed by atoms with Gasteiger partial charge >= 0.3 is 0 Å². The molecule has 0 aliphatic heterocycles. The van der Waals surface area contributed by atoms with Gasteiger partial charge in [-0.1, -0.05) is 30.3 Å². The molecule has 1 aliphatic rings. The molecule has 2 N–H and O–H groups in total. The lowest BCUT2D eigenvalue weighted by Gasteiger charge is -2.19. The van der Waals surface area contributed by atoms with Crippen LogP contribution in [0.25, 0.3) is 22.0 Å². The summed E-state index contributed by atoms with van der Waals surface area (Å²) in [6.45, 7) is 0. The van der Waals surface area contributed by atoms with Crippen molar-refractivity contribution in [1.29, 1.82) is 0 Å². The molecule has 3 heteroatoms. The summed E-state index contributed by atoms with van der Waals surface area (Å²) in [7, 11) is 0. The van der Waals surface area contributed by atoms with Crippen LogP contribution in [0.1, 0.15) is 15.9 Å². The standard InChI is InChI=1S/C16H10N2O/c17-12-6-2-4-10-14(12)16(19)11-5-1-3-9-7-8-18-15(10)13(9)11/h1-8H,17H2. The lowest BCUT2D eigenvalue weighted by molar-refractivity contribution is 0.104. The van der Waals surface area contributed by atoms with E-state index in [1.165, 1.54) is 0 Å². The second kappa shape index (κ2) is 3.42. The van der Waals surface area contributed by atoms with Gasteiger partial charge in [-0.15, -0.1) is 0 Å². The van der Waals surface area contributed by atoms with E-state index < -0.39 is 0 Å². The summed E-state index contributed by atoms with van der Waals surface area (Å²) < 4.78 is 0. The highest BCUT2D eigenvalue weighted by Crippen LogP contribution is 2.39. The monoisotopic (exact) mass is 246 g/mol. The van der Waals surface area contributed by atoms with Crippen LogP contribution in [-0.2, 0) is 0 Å². The second-order valence-corrected chi connectivity index (χ2v) is 4.66. The molecule has 19 heavy (non-hydrogen) atoms. The molecule has 0 saturated heterocycles. The summed E-state index contributed by atoms with van der Waals surface area (Å²) >= 11 is 0. The lowest BCUT2D eigenvalue weighted by atomic mass is 9.85. The van der Waals surface area contributed by atoms with E-state index in [1.54, 1.807) is 12.3 Å². The Kier molecular flexibility index (Phi) is 1.85. The zero-order valence-electron chi connectivity index (χ0n) is 10.1. The summed E-state index contributed by atoms with van der Waals surface area (Å²) in [6.07, 6.45) is 1.77. The number of nitrogen functional groups attached to an aromatic ring is 1. The summed E-state index contributed by atoms with van der Waals surface area (Å²) in [4.78, 5) is 17.1. The highest BCUT2D eigenvalue weighted by Gasteiger charge is 2.27. The van der Waals surface area contributed by atoms with Gasteiger partial charge in [0.25, 0.3) is 0 Å². The number of nitrogens with zero attached hydrogens (tertiary/aromatic N) is 1. The molecule has 0 bridgehead atoms. The summed E-state index contributed by atoms with van der Waals surface area (Å²) in [6, 6.07) is 13.2. The quantitative estimate of drug-likeness (QED) is 0.485. The molecule has 0 saturated carbocycles. The topological polar surface area (TPSA) is 56.0 Å². The first-order valence-electron chi connectivity index (χ1n) is 6.08. The van der Waals surface area contributed by atoms with Gasteiger partial charge in [-0.3, -0.25) is 9.78 Å². The molecule has 0 amide bonds. The van der Waals surface area contributed by atoms with Crippen molar-refractivity contribution in [1.82, 2.24) is 4.98 Å². The normalized spacial score (nSPS) is 12.5. The Hall–Kier alpha value is -2.68. The fourth-order valence-electron chi connectivity index (χ4n) is 2.78. The molecule has 0 unspecified atom stereocenters. The van der Waals surface area contributed by atoms with Gasteiger partial charge < -0.3 is 5.73 Å². The van der Waals surface area contributed by atoms with Crippen LogP contribution in [0.15, 0.2) is 48.7 Å². The zero-order chi connectivity index (χ0) is 13.0. The Bertz CT molecular complexity index is 847. The number of nitrogens with two attached hydrogens (primary N) is 1. The number of rotatable bonds is 0. The number of ketones is 1. The van der Waals surface area contributed by atoms with Crippen molar-refractivity contribution < 1.29 is 4.79 Å². The second-order valence-electron chi connectivity index (χ2n) is 4.66. The van der Waals surface area contributed by atoms with Crippen molar-refractivity contribution in [3.8, 4) is 11.3 Å². The number of aromatic nitrogens is 1. The molecular weight excluding hydrogens is 236 g/mol. The number of hydrogen-bond donors (Lipinski definition) is 1. The Balaban J connectivity index is 2.28. The highest BCUT2D eigenvalue weighted by atomic mass is 16.1. The predicted octanol–water partition coefficient (Wildman–Crippen LogP) is 3.03. The van der Waals surface area contributed by atoms with Gasteiger partial charge in [0.05, 0.1) is 11.3 Å². The van der Waals surface area contributed by atoms with E-state index in [2.05, 4.69) is 4.98 Å². The van der Waals surface area contributed by atoms with Gasteiger partial charge in [0.1, 0.15) is 0 Å². The summed E-state index contributed by atoms with van der Waals surface area (Å²) in [5.74, 6) is -0.0146. The molecule has 1 heterocycles. The van der Waals surface area contributed by atoms with Crippen LogP contribution < -0.4 is 5.73 Å². The van der Waals surface area contributed by atoms with E-state index in [0.717, 1.165) is 22.0 Å². The van der Waals surface area contributed by atoms with E-state index in [4.69, 9.17) is 5.73 Å². The number of benzene rings is 2. The Morgan fingerprint density at radius 1 is 0.947 bits per heavy atom. The largest absolute Gasteiger partial charge is 0.398 e. The van der Waals surface area contributed by atoms with Gasteiger partial charge in [-0.2, -0.15) is 0 Å². The Morgan fingerprint density at radius 2 is 1.74 bits per heavy atom. The van der Waals surface area contributed by atoms with Gasteiger partial charge in [-0.25, -0.2) is 0 Å². The molecule has 1 aromatic heterocycles. The van der Waals surface area contributed by atoms with Gasteiger partial charge in [0.15, 0.2) is 5.78 Å². The predicted molar refractivity (Wildman–Crippen MR) is 75.0 cm³/mol. The average molecular weight is 246 g/mol. The molecule has 2 aromatic carbocycles. The van der Waals surface area contributed by atoms with E-state index >= 15 is 0 Å². The maximum Gasteiger partial charge on any atom is 0.196 e. The van der Waals surface area contributed by atoms with Crippen LogP contribution >= 0.6 is 0 Å². The molecule has 4 rings (SSSR count). The van der Waals surface area contributed by atoms with Crippen molar-refractivity contribution in [2.75, 3.05) is 5.73 Å². The van der Waals surface area contributed by atoms with Crippen molar-refractivity contribution in [3.63, 3.8) is 0 Å². The molecule has 3 aromatic rings. The van der Waals surface area contributed by atoms with Crippen molar-refractivity contribution in [2.45, 2.75) is 0 Å². The number of anilines is 1. The van der Waals surface area contributed by atoms with Crippen molar-refractivity contribution >= 4 is 22.2 Å². The van der Waals surface area contributed by atoms with E-state index in [9.17, 15) is 4.79 Å². The smallest absolute Gasteiger partial charge is 0.196 e. The number of hydrogen-bond acceptors (Lipinski definition) is 3. The van der Waals surface area contributed by atoms with E-state index in [0.29, 0.717) is 16.8 Å². The van der Waals surface area contributed by atoms with Gasteiger partial charge in [0, 0.05) is 28.4 Å². The van der Waals surface area contributed by atoms with Crippen LogP contribution in [0.5, 0.6) is 0 Å². The first-order valence-corrected chi connectivity index (χ1v) is 6.08. The number of pyridine rings is 1.